The molecule has 29 heavy (non-hydrogen) atoms. The Balaban J connectivity index is 1.31. The van der Waals surface area contributed by atoms with E-state index in [-0.39, 0.29) is 0 Å². The van der Waals surface area contributed by atoms with E-state index in [1.807, 2.05) is 0 Å². The fourth-order valence-corrected chi connectivity index (χ4v) is 11.4. The van der Waals surface area contributed by atoms with Gasteiger partial charge in [-0.2, -0.15) is 0 Å². The first-order valence-corrected chi connectivity index (χ1v) is 11.5. The van der Waals surface area contributed by atoms with Gasteiger partial charge in [-0.1, -0.05) is 42.0 Å². The molecule has 0 saturated heterocycles. The number of hydrogen-bond donors (Lipinski definition) is 0. The molecule has 2 heteroatoms. The number of carbonyl (C=O) groups excluding carboxylic acids is 1. The van der Waals surface area contributed by atoms with Crippen LogP contribution in [0.3, 0.4) is 0 Å². The smallest absolute Gasteiger partial charge is 0.140 e. The van der Waals surface area contributed by atoms with Crippen molar-refractivity contribution in [2.75, 3.05) is 0 Å². The van der Waals surface area contributed by atoms with Crippen LogP contribution in [0.1, 0.15) is 11.1 Å². The third-order valence-electron chi connectivity index (χ3n) is 11.1. The number of fused-ring (bicyclic) bond motifs is 2. The number of Topliss-reactive ketones (excluding diaryl/α,β-unsaturated/α-hetero) is 1. The number of ether oxygens (including phenoxy) is 1. The molecule has 0 N–H and O–H groups in total. The molecule has 8 unspecified atom stereocenters. The molecule has 0 radical (unpaired) electrons. The Bertz CT molecular complexity index is 1130. The second-order valence-corrected chi connectivity index (χ2v) is 11.0. The number of para-hydroxylation sites is 2. The molecule has 9 aliphatic rings. The SMILES string of the molecule is O=C1C2C3C4C1C1C2C2C5C(=C6c7ccccc7Oc7ccccc76)C(C32)C4C51. The fraction of sp³-hybridized carbons (Fsp3) is 0.444. The predicted octanol–water partition coefficient (Wildman–Crippen LogP) is 4.65. The van der Waals surface area contributed by atoms with E-state index < -0.39 is 0 Å². The molecule has 8 saturated carbocycles. The largest absolute Gasteiger partial charge is 0.456 e. The van der Waals surface area contributed by atoms with Crippen LogP contribution in [-0.4, -0.2) is 5.78 Å². The lowest BCUT2D eigenvalue weighted by Gasteiger charge is -2.26. The number of carbonyl (C=O) groups is 1. The lowest BCUT2D eigenvalue weighted by atomic mass is 9.80. The van der Waals surface area contributed by atoms with Crippen molar-refractivity contribution in [1.29, 1.82) is 0 Å². The topological polar surface area (TPSA) is 26.3 Å². The van der Waals surface area contributed by atoms with Crippen molar-refractivity contribution in [2.24, 2.45) is 71.0 Å². The molecule has 11 rings (SSSR count). The number of allylic oxidation sites excluding steroid dienone is 1. The lowest BCUT2D eigenvalue weighted by Crippen LogP contribution is -2.21. The van der Waals surface area contributed by atoms with Crippen LogP contribution < -0.4 is 4.74 Å². The molecule has 0 aromatic heterocycles. The van der Waals surface area contributed by atoms with Gasteiger partial charge < -0.3 is 4.74 Å². The van der Waals surface area contributed by atoms with Crippen LogP contribution in [0.15, 0.2) is 54.1 Å². The van der Waals surface area contributed by atoms with E-state index >= 15 is 0 Å². The molecule has 1 heterocycles. The highest BCUT2D eigenvalue weighted by Crippen LogP contribution is 2.93. The summed E-state index contributed by atoms with van der Waals surface area (Å²) in [6.45, 7) is 0. The summed E-state index contributed by atoms with van der Waals surface area (Å²) in [5.74, 6) is 11.6. The normalized spacial score (nSPS) is 53.7. The van der Waals surface area contributed by atoms with E-state index in [0.717, 1.165) is 70.7 Å². The molecular formula is C27H20O2. The van der Waals surface area contributed by atoms with E-state index in [1.54, 1.807) is 5.57 Å². The van der Waals surface area contributed by atoms with Crippen molar-refractivity contribution < 1.29 is 9.53 Å². The summed E-state index contributed by atoms with van der Waals surface area (Å²) < 4.78 is 6.32. The molecule has 0 spiro atoms. The maximum absolute atomic E-state index is 13.0. The minimum absolute atomic E-state index is 0.480. The van der Waals surface area contributed by atoms with Gasteiger partial charge in [0.1, 0.15) is 17.3 Å². The molecule has 2 aromatic rings. The minimum Gasteiger partial charge on any atom is -0.456 e. The van der Waals surface area contributed by atoms with Crippen molar-refractivity contribution in [3.63, 3.8) is 0 Å². The van der Waals surface area contributed by atoms with Gasteiger partial charge in [-0.3, -0.25) is 4.79 Å². The Morgan fingerprint density at radius 1 is 0.552 bits per heavy atom. The van der Waals surface area contributed by atoms with Crippen LogP contribution in [0, 0.1) is 71.0 Å². The second-order valence-electron chi connectivity index (χ2n) is 11.0. The highest BCUT2D eigenvalue weighted by Gasteiger charge is 2.92. The van der Waals surface area contributed by atoms with Gasteiger partial charge in [0.25, 0.3) is 0 Å². The number of benzene rings is 2. The summed E-state index contributed by atoms with van der Waals surface area (Å²) >= 11 is 0. The Hall–Kier alpha value is -2.35. The average Bonchev–Trinajstić information content (AvgIpc) is 3.52. The molecular weight excluding hydrogens is 356 g/mol. The summed E-state index contributed by atoms with van der Waals surface area (Å²) in [6, 6.07) is 17.3. The molecule has 2 nitrogen and oxygen atoms in total. The number of hydrogen-bond acceptors (Lipinski definition) is 2. The molecule has 8 fully saturated rings. The van der Waals surface area contributed by atoms with E-state index in [2.05, 4.69) is 48.5 Å². The van der Waals surface area contributed by atoms with Crippen LogP contribution in [0.25, 0.3) is 5.57 Å². The van der Waals surface area contributed by atoms with E-state index in [0.29, 0.717) is 17.6 Å². The molecule has 4 bridgehead atoms. The third-order valence-corrected chi connectivity index (χ3v) is 11.1. The summed E-state index contributed by atoms with van der Waals surface area (Å²) in [5, 5.41) is 0. The van der Waals surface area contributed by atoms with Crippen molar-refractivity contribution in [1.82, 2.24) is 0 Å². The van der Waals surface area contributed by atoms with Gasteiger partial charge in [0, 0.05) is 23.0 Å². The molecule has 8 aliphatic carbocycles. The maximum atomic E-state index is 13.0. The zero-order valence-corrected chi connectivity index (χ0v) is 15.9. The van der Waals surface area contributed by atoms with Gasteiger partial charge in [0.2, 0.25) is 0 Å². The summed E-state index contributed by atoms with van der Waals surface area (Å²) in [7, 11) is 0. The number of ketones is 1. The van der Waals surface area contributed by atoms with Gasteiger partial charge in [-0.15, -0.1) is 0 Å². The van der Waals surface area contributed by atoms with Crippen LogP contribution in [0.2, 0.25) is 0 Å². The minimum atomic E-state index is 0.480. The first-order chi connectivity index (χ1) is 14.4. The van der Waals surface area contributed by atoms with Gasteiger partial charge in [0.05, 0.1) is 0 Å². The monoisotopic (exact) mass is 376 g/mol. The molecule has 8 atom stereocenters. The Morgan fingerprint density at radius 3 is 1.45 bits per heavy atom. The lowest BCUT2D eigenvalue weighted by molar-refractivity contribution is -0.122. The fourth-order valence-electron chi connectivity index (χ4n) is 11.4. The highest BCUT2D eigenvalue weighted by molar-refractivity contribution is 5.95. The maximum Gasteiger partial charge on any atom is 0.140 e. The van der Waals surface area contributed by atoms with Crippen LogP contribution in [-0.2, 0) is 4.79 Å². The molecule has 0 amide bonds. The molecule has 1 aliphatic heterocycles. The summed E-state index contributed by atoms with van der Waals surface area (Å²) in [5.41, 5.74) is 5.93. The second kappa shape index (κ2) is 3.85. The third kappa shape index (κ3) is 1.07. The molecule has 2 aromatic carbocycles. The first kappa shape index (κ1) is 13.8. The van der Waals surface area contributed by atoms with Gasteiger partial charge in [-0.05, 0) is 76.9 Å². The summed E-state index contributed by atoms with van der Waals surface area (Å²) in [6.07, 6.45) is 0. The first-order valence-electron chi connectivity index (χ1n) is 11.5. The Morgan fingerprint density at radius 2 is 0.966 bits per heavy atom. The van der Waals surface area contributed by atoms with Crippen LogP contribution in [0.4, 0.5) is 0 Å². The molecule has 140 valence electrons. The average molecular weight is 376 g/mol. The van der Waals surface area contributed by atoms with Gasteiger partial charge in [-0.25, -0.2) is 0 Å². The van der Waals surface area contributed by atoms with E-state index in [4.69, 9.17) is 4.74 Å². The van der Waals surface area contributed by atoms with Gasteiger partial charge >= 0.3 is 0 Å². The van der Waals surface area contributed by atoms with E-state index in [9.17, 15) is 4.79 Å². The Labute approximate surface area is 169 Å². The zero-order chi connectivity index (χ0) is 18.3. The zero-order valence-electron chi connectivity index (χ0n) is 15.9. The van der Waals surface area contributed by atoms with Crippen molar-refractivity contribution in [3.8, 4) is 11.5 Å². The Kier molecular flexibility index (Phi) is 1.83. The summed E-state index contributed by atoms with van der Waals surface area (Å²) in [4.78, 5) is 13.0. The van der Waals surface area contributed by atoms with E-state index in [1.165, 1.54) is 16.7 Å². The van der Waals surface area contributed by atoms with Crippen LogP contribution >= 0.6 is 0 Å². The quantitative estimate of drug-likeness (QED) is 0.571. The predicted molar refractivity (Wildman–Crippen MR) is 106 cm³/mol. The van der Waals surface area contributed by atoms with Crippen LogP contribution in [0.5, 0.6) is 11.5 Å². The standard InChI is InChI=1S/C27H20O2/c28-27-25-21-17-15-14(16-19(17)23(25)24-20(16)18(15)22(21)26(24)27)13-9-5-1-3-7-11(9)29-12-8-4-2-6-10(12)13/h1-8,15-26H. The van der Waals surface area contributed by atoms with Crippen molar-refractivity contribution in [3.05, 3.63) is 65.2 Å². The number of rotatable bonds is 0. The van der Waals surface area contributed by atoms with Gasteiger partial charge in [0.15, 0.2) is 0 Å². The highest BCUT2D eigenvalue weighted by atomic mass is 16.5. The van der Waals surface area contributed by atoms with Crippen molar-refractivity contribution >= 4 is 11.4 Å². The van der Waals surface area contributed by atoms with Crippen molar-refractivity contribution in [2.45, 2.75) is 0 Å².